The number of pyridine rings is 1. The maximum absolute atomic E-state index is 13.0. The van der Waals surface area contributed by atoms with Crippen LogP contribution in [-0.2, 0) is 0 Å². The first-order chi connectivity index (χ1) is 8.56. The van der Waals surface area contributed by atoms with Gasteiger partial charge in [0.2, 0.25) is 0 Å². The third-order valence-corrected chi connectivity index (χ3v) is 2.45. The van der Waals surface area contributed by atoms with Crippen molar-refractivity contribution in [2.45, 2.75) is 0 Å². The van der Waals surface area contributed by atoms with Gasteiger partial charge >= 0.3 is 0 Å². The summed E-state index contributed by atoms with van der Waals surface area (Å²) in [5.74, 6) is -1.03. The van der Waals surface area contributed by atoms with E-state index in [2.05, 4.69) is 10.3 Å². The van der Waals surface area contributed by atoms with Crippen molar-refractivity contribution in [2.24, 2.45) is 0 Å². The summed E-state index contributed by atoms with van der Waals surface area (Å²) in [5.41, 5.74) is 6.34. The number of nitrogens with zero attached hydrogens (tertiary/aromatic N) is 1. The molecule has 0 saturated heterocycles. The molecule has 1 aromatic carbocycles. The molecular weight excluding hydrogens is 257 g/mol. The van der Waals surface area contributed by atoms with E-state index >= 15 is 0 Å². The minimum atomic E-state index is -0.526. The first-order valence-corrected chi connectivity index (χ1v) is 5.42. The largest absolute Gasteiger partial charge is 0.398 e. The van der Waals surface area contributed by atoms with Crippen molar-refractivity contribution in [1.82, 2.24) is 4.98 Å². The molecule has 0 aliphatic rings. The van der Waals surface area contributed by atoms with Gasteiger partial charge in [-0.25, -0.2) is 9.37 Å². The molecule has 0 aliphatic heterocycles. The monoisotopic (exact) mass is 265 g/mol. The quantitative estimate of drug-likeness (QED) is 0.648. The Bertz CT molecular complexity index is 604. The molecule has 0 fully saturated rings. The van der Waals surface area contributed by atoms with E-state index in [1.165, 1.54) is 24.4 Å². The Labute approximate surface area is 108 Å². The van der Waals surface area contributed by atoms with Crippen LogP contribution in [0.1, 0.15) is 10.4 Å². The predicted octanol–water partition coefficient (Wildman–Crippen LogP) is 2.71. The highest BCUT2D eigenvalue weighted by Gasteiger charge is 2.11. The number of aromatic nitrogens is 1. The van der Waals surface area contributed by atoms with E-state index in [0.29, 0.717) is 5.69 Å². The molecule has 4 nitrogen and oxygen atoms in total. The fourth-order valence-corrected chi connectivity index (χ4v) is 1.58. The van der Waals surface area contributed by atoms with Gasteiger partial charge < -0.3 is 11.1 Å². The summed E-state index contributed by atoms with van der Waals surface area (Å²) in [6.07, 6.45) is 1.45. The van der Waals surface area contributed by atoms with Crippen molar-refractivity contribution in [1.29, 1.82) is 0 Å². The lowest BCUT2D eigenvalue weighted by Crippen LogP contribution is -2.14. The normalized spacial score (nSPS) is 10.1. The van der Waals surface area contributed by atoms with Crippen molar-refractivity contribution in [3.8, 4) is 0 Å². The number of carbonyl (C=O) groups is 1. The van der Waals surface area contributed by atoms with Crippen LogP contribution in [0.15, 0.2) is 36.5 Å². The zero-order valence-corrected chi connectivity index (χ0v) is 9.91. The summed E-state index contributed by atoms with van der Waals surface area (Å²) in [4.78, 5) is 15.7. The van der Waals surface area contributed by atoms with Crippen molar-refractivity contribution in [3.05, 3.63) is 53.1 Å². The van der Waals surface area contributed by atoms with E-state index in [4.69, 9.17) is 17.3 Å². The number of anilines is 2. The van der Waals surface area contributed by atoms with E-state index in [0.717, 1.165) is 6.07 Å². The number of amides is 1. The van der Waals surface area contributed by atoms with Gasteiger partial charge in [-0.1, -0.05) is 11.6 Å². The molecule has 0 radical (unpaired) electrons. The lowest BCUT2D eigenvalue weighted by molar-refractivity contribution is 0.102. The molecule has 0 unspecified atom stereocenters. The van der Waals surface area contributed by atoms with E-state index in [1.54, 1.807) is 6.07 Å². The smallest absolute Gasteiger partial charge is 0.257 e. The second-order valence-corrected chi connectivity index (χ2v) is 3.94. The Hall–Kier alpha value is -2.14. The maximum atomic E-state index is 13.0. The fourth-order valence-electron chi connectivity index (χ4n) is 1.40. The number of benzene rings is 1. The number of hydrogen-bond acceptors (Lipinski definition) is 3. The zero-order valence-electron chi connectivity index (χ0n) is 9.15. The summed E-state index contributed by atoms with van der Waals surface area (Å²) in [5, 5.41) is 2.81. The third kappa shape index (κ3) is 2.75. The molecule has 2 rings (SSSR count). The SMILES string of the molecule is Nc1ccc(F)cc1C(=O)Nc1ccnc(Cl)c1. The second-order valence-electron chi connectivity index (χ2n) is 3.55. The maximum Gasteiger partial charge on any atom is 0.257 e. The number of carbonyl (C=O) groups excluding carboxylic acids is 1. The highest BCUT2D eigenvalue weighted by atomic mass is 35.5. The number of hydrogen-bond donors (Lipinski definition) is 2. The predicted molar refractivity (Wildman–Crippen MR) is 68.0 cm³/mol. The Morgan fingerprint density at radius 2 is 2.11 bits per heavy atom. The van der Waals surface area contributed by atoms with Gasteiger partial charge in [-0.3, -0.25) is 4.79 Å². The molecule has 2 aromatic rings. The fraction of sp³-hybridized carbons (Fsp3) is 0. The van der Waals surface area contributed by atoms with Crippen LogP contribution in [0.5, 0.6) is 0 Å². The molecular formula is C12H9ClFN3O. The van der Waals surface area contributed by atoms with Crippen LogP contribution >= 0.6 is 11.6 Å². The van der Waals surface area contributed by atoms with E-state index in [9.17, 15) is 9.18 Å². The van der Waals surface area contributed by atoms with Gasteiger partial charge in [0.1, 0.15) is 11.0 Å². The summed E-state index contributed by atoms with van der Waals surface area (Å²) >= 11 is 5.68. The molecule has 6 heteroatoms. The first kappa shape index (κ1) is 12.3. The van der Waals surface area contributed by atoms with Crippen molar-refractivity contribution >= 4 is 28.9 Å². The number of nitrogens with one attached hydrogen (secondary N) is 1. The van der Waals surface area contributed by atoms with Crippen LogP contribution < -0.4 is 11.1 Å². The zero-order chi connectivity index (χ0) is 13.1. The molecule has 18 heavy (non-hydrogen) atoms. The number of nitrogen functional groups attached to an aromatic ring is 1. The summed E-state index contributed by atoms with van der Waals surface area (Å²) in [6.45, 7) is 0. The Balaban J connectivity index is 2.24. The van der Waals surface area contributed by atoms with E-state index in [1.807, 2.05) is 0 Å². The van der Waals surface area contributed by atoms with E-state index < -0.39 is 11.7 Å². The minimum Gasteiger partial charge on any atom is -0.398 e. The molecule has 3 N–H and O–H groups in total. The van der Waals surface area contributed by atoms with Gasteiger partial charge in [0.15, 0.2) is 0 Å². The molecule has 92 valence electrons. The highest BCUT2D eigenvalue weighted by molar-refractivity contribution is 6.29. The van der Waals surface area contributed by atoms with Gasteiger partial charge in [0.05, 0.1) is 5.56 Å². The summed E-state index contributed by atoms with van der Waals surface area (Å²) in [7, 11) is 0. The van der Waals surface area contributed by atoms with Crippen LogP contribution in [0.2, 0.25) is 5.15 Å². The molecule has 0 spiro atoms. The number of nitrogens with two attached hydrogens (primary N) is 1. The van der Waals surface area contributed by atoms with Crippen molar-refractivity contribution < 1.29 is 9.18 Å². The summed E-state index contributed by atoms with van der Waals surface area (Å²) < 4.78 is 13.0. The van der Waals surface area contributed by atoms with Crippen LogP contribution in [0.4, 0.5) is 15.8 Å². The minimum absolute atomic E-state index is 0.0722. The molecule has 0 bridgehead atoms. The van der Waals surface area contributed by atoms with Gasteiger partial charge in [0, 0.05) is 17.6 Å². The molecule has 0 aliphatic carbocycles. The van der Waals surface area contributed by atoms with Gasteiger partial charge in [-0.05, 0) is 30.3 Å². The first-order valence-electron chi connectivity index (χ1n) is 5.04. The van der Waals surface area contributed by atoms with Crippen LogP contribution in [0.25, 0.3) is 0 Å². The number of halogens is 2. The summed E-state index contributed by atoms with van der Waals surface area (Å²) in [6, 6.07) is 6.65. The lowest BCUT2D eigenvalue weighted by Gasteiger charge is -2.07. The Morgan fingerprint density at radius 1 is 1.33 bits per heavy atom. The standard InChI is InChI=1S/C12H9ClFN3O/c13-11-6-8(3-4-16-11)17-12(18)9-5-7(14)1-2-10(9)15/h1-6H,15H2,(H,16,17,18). The number of rotatable bonds is 2. The molecule has 0 atom stereocenters. The average molecular weight is 266 g/mol. The van der Waals surface area contributed by atoms with Crippen molar-refractivity contribution in [3.63, 3.8) is 0 Å². The Morgan fingerprint density at radius 3 is 2.83 bits per heavy atom. The second kappa shape index (κ2) is 5.01. The van der Waals surface area contributed by atoms with E-state index in [-0.39, 0.29) is 16.4 Å². The molecule has 1 heterocycles. The van der Waals surface area contributed by atoms with Crippen LogP contribution in [0, 0.1) is 5.82 Å². The highest BCUT2D eigenvalue weighted by Crippen LogP contribution is 2.17. The Kier molecular flexibility index (Phi) is 3.43. The van der Waals surface area contributed by atoms with Crippen LogP contribution in [-0.4, -0.2) is 10.9 Å². The third-order valence-electron chi connectivity index (χ3n) is 2.24. The molecule has 0 saturated carbocycles. The van der Waals surface area contributed by atoms with Crippen LogP contribution in [0.3, 0.4) is 0 Å². The van der Waals surface area contributed by atoms with Gasteiger partial charge in [0.25, 0.3) is 5.91 Å². The average Bonchev–Trinajstić information content (AvgIpc) is 2.32. The molecule has 1 aromatic heterocycles. The van der Waals surface area contributed by atoms with Gasteiger partial charge in [-0.2, -0.15) is 0 Å². The topological polar surface area (TPSA) is 68.0 Å². The molecule has 1 amide bonds. The van der Waals surface area contributed by atoms with Crippen molar-refractivity contribution in [2.75, 3.05) is 11.1 Å². The lowest BCUT2D eigenvalue weighted by atomic mass is 10.1. The van der Waals surface area contributed by atoms with Gasteiger partial charge in [-0.15, -0.1) is 0 Å².